The third kappa shape index (κ3) is 2.13. The minimum Gasteiger partial charge on any atom is -0.343 e. The Labute approximate surface area is 112 Å². The number of nitrogens with zero attached hydrogens (tertiary/aromatic N) is 2. The van der Waals surface area contributed by atoms with Crippen molar-refractivity contribution in [1.82, 2.24) is 9.55 Å². The second-order valence-electron chi connectivity index (χ2n) is 4.77. The normalized spacial score (nSPS) is 11.1. The zero-order chi connectivity index (χ0) is 13.2. The van der Waals surface area contributed by atoms with Gasteiger partial charge in [-0.15, -0.1) is 0 Å². The zero-order valence-corrected chi connectivity index (χ0v) is 11.0. The van der Waals surface area contributed by atoms with Gasteiger partial charge in [0.1, 0.15) is 0 Å². The molecular formula is C16H17N3. The number of fused-ring (bicyclic) bond motifs is 1. The van der Waals surface area contributed by atoms with Crippen molar-refractivity contribution in [2.75, 3.05) is 0 Å². The van der Waals surface area contributed by atoms with Crippen LogP contribution in [-0.2, 0) is 13.1 Å². The van der Waals surface area contributed by atoms with Crippen LogP contribution in [0.3, 0.4) is 0 Å². The van der Waals surface area contributed by atoms with E-state index < -0.39 is 0 Å². The summed E-state index contributed by atoms with van der Waals surface area (Å²) in [5.74, 6) is 0. The van der Waals surface area contributed by atoms with E-state index in [1.807, 2.05) is 6.07 Å². The Morgan fingerprint density at radius 3 is 2.84 bits per heavy atom. The summed E-state index contributed by atoms with van der Waals surface area (Å²) in [5, 5.41) is 1.31. The summed E-state index contributed by atoms with van der Waals surface area (Å²) in [6.07, 6.45) is 3.99. The van der Waals surface area contributed by atoms with Gasteiger partial charge in [-0.25, -0.2) is 0 Å². The predicted molar refractivity (Wildman–Crippen MR) is 77.9 cm³/mol. The molecule has 0 saturated heterocycles. The fourth-order valence-corrected chi connectivity index (χ4v) is 2.54. The van der Waals surface area contributed by atoms with Gasteiger partial charge >= 0.3 is 0 Å². The lowest BCUT2D eigenvalue weighted by Crippen LogP contribution is -2.07. The van der Waals surface area contributed by atoms with E-state index in [1.54, 1.807) is 6.20 Å². The zero-order valence-electron chi connectivity index (χ0n) is 11.0. The van der Waals surface area contributed by atoms with Gasteiger partial charge in [-0.3, -0.25) is 4.98 Å². The Kier molecular flexibility index (Phi) is 3.05. The second kappa shape index (κ2) is 4.86. The standard InChI is InChI=1S/C16H17N3/c1-12-10-19(16-7-3-2-6-14(12)16)11-13-5-4-8-18-15(13)9-17/h2-8,10H,9,11,17H2,1H3. The summed E-state index contributed by atoms with van der Waals surface area (Å²) in [6.45, 7) is 3.44. The fourth-order valence-electron chi connectivity index (χ4n) is 2.54. The van der Waals surface area contributed by atoms with Gasteiger partial charge in [0.2, 0.25) is 0 Å². The van der Waals surface area contributed by atoms with Crippen molar-refractivity contribution < 1.29 is 0 Å². The van der Waals surface area contributed by atoms with Gasteiger partial charge in [-0.2, -0.15) is 0 Å². The van der Waals surface area contributed by atoms with Crippen LogP contribution in [0, 0.1) is 6.92 Å². The molecule has 0 bridgehead atoms. The summed E-state index contributed by atoms with van der Waals surface area (Å²) in [7, 11) is 0. The van der Waals surface area contributed by atoms with E-state index in [9.17, 15) is 0 Å². The Morgan fingerprint density at radius 2 is 2.00 bits per heavy atom. The van der Waals surface area contributed by atoms with Crippen LogP contribution in [0.1, 0.15) is 16.8 Å². The van der Waals surface area contributed by atoms with Gasteiger partial charge in [0.05, 0.1) is 5.69 Å². The molecule has 2 N–H and O–H groups in total. The third-order valence-electron chi connectivity index (χ3n) is 3.51. The van der Waals surface area contributed by atoms with Crippen LogP contribution in [0.15, 0.2) is 48.8 Å². The van der Waals surface area contributed by atoms with Crippen LogP contribution in [0.25, 0.3) is 10.9 Å². The van der Waals surface area contributed by atoms with E-state index in [1.165, 1.54) is 22.0 Å². The smallest absolute Gasteiger partial charge is 0.0589 e. The van der Waals surface area contributed by atoms with Gasteiger partial charge in [0, 0.05) is 36.4 Å². The molecule has 0 amide bonds. The molecule has 19 heavy (non-hydrogen) atoms. The van der Waals surface area contributed by atoms with Gasteiger partial charge in [-0.05, 0) is 30.2 Å². The van der Waals surface area contributed by atoms with E-state index in [-0.39, 0.29) is 0 Å². The molecule has 3 nitrogen and oxygen atoms in total. The number of hydrogen-bond donors (Lipinski definition) is 1. The lowest BCUT2D eigenvalue weighted by Gasteiger charge is -2.09. The molecule has 0 aliphatic carbocycles. The minimum absolute atomic E-state index is 0.481. The second-order valence-corrected chi connectivity index (χ2v) is 4.77. The van der Waals surface area contributed by atoms with Crippen molar-refractivity contribution in [3.8, 4) is 0 Å². The topological polar surface area (TPSA) is 43.8 Å². The van der Waals surface area contributed by atoms with Gasteiger partial charge in [0.15, 0.2) is 0 Å². The van der Waals surface area contributed by atoms with E-state index in [0.717, 1.165) is 12.2 Å². The maximum absolute atomic E-state index is 5.75. The average molecular weight is 251 g/mol. The molecule has 2 heterocycles. The van der Waals surface area contributed by atoms with Crippen molar-refractivity contribution >= 4 is 10.9 Å². The van der Waals surface area contributed by atoms with Crippen molar-refractivity contribution in [3.05, 3.63) is 65.6 Å². The molecule has 2 aromatic heterocycles. The number of aryl methyl sites for hydroxylation is 1. The van der Waals surface area contributed by atoms with E-state index in [0.29, 0.717) is 6.54 Å². The predicted octanol–water partition coefficient (Wildman–Crippen LogP) is 2.85. The number of nitrogens with two attached hydrogens (primary N) is 1. The first-order valence-corrected chi connectivity index (χ1v) is 6.47. The number of para-hydroxylation sites is 1. The molecule has 1 aromatic carbocycles. The maximum Gasteiger partial charge on any atom is 0.0589 e. The molecule has 0 radical (unpaired) electrons. The van der Waals surface area contributed by atoms with Gasteiger partial charge in [-0.1, -0.05) is 24.3 Å². The van der Waals surface area contributed by atoms with Crippen molar-refractivity contribution in [2.45, 2.75) is 20.0 Å². The largest absolute Gasteiger partial charge is 0.343 e. The van der Waals surface area contributed by atoms with Crippen molar-refractivity contribution in [1.29, 1.82) is 0 Å². The number of pyridine rings is 1. The summed E-state index contributed by atoms with van der Waals surface area (Å²) < 4.78 is 2.26. The Bertz CT molecular complexity index is 713. The molecule has 0 saturated carbocycles. The van der Waals surface area contributed by atoms with Crippen LogP contribution in [-0.4, -0.2) is 9.55 Å². The molecule has 96 valence electrons. The Balaban J connectivity index is 2.06. The van der Waals surface area contributed by atoms with E-state index >= 15 is 0 Å². The summed E-state index contributed by atoms with van der Waals surface area (Å²) in [5.41, 5.74) is 10.5. The highest BCUT2D eigenvalue weighted by atomic mass is 15.0. The van der Waals surface area contributed by atoms with Crippen molar-refractivity contribution in [3.63, 3.8) is 0 Å². The molecule has 0 aliphatic rings. The van der Waals surface area contributed by atoms with Crippen LogP contribution >= 0.6 is 0 Å². The number of aromatic nitrogens is 2. The van der Waals surface area contributed by atoms with Crippen LogP contribution in [0.2, 0.25) is 0 Å². The summed E-state index contributed by atoms with van der Waals surface area (Å²) >= 11 is 0. The number of benzene rings is 1. The molecule has 0 fully saturated rings. The Morgan fingerprint density at radius 1 is 1.16 bits per heavy atom. The molecule has 3 heteroatoms. The Hall–Kier alpha value is -2.13. The highest BCUT2D eigenvalue weighted by Crippen LogP contribution is 2.21. The first kappa shape index (κ1) is 11.9. The molecular weight excluding hydrogens is 234 g/mol. The number of hydrogen-bond acceptors (Lipinski definition) is 2. The van der Waals surface area contributed by atoms with Crippen LogP contribution in [0.4, 0.5) is 0 Å². The molecule has 3 aromatic rings. The molecule has 0 spiro atoms. The van der Waals surface area contributed by atoms with Crippen LogP contribution in [0.5, 0.6) is 0 Å². The molecule has 0 aliphatic heterocycles. The van der Waals surface area contributed by atoms with Crippen molar-refractivity contribution in [2.24, 2.45) is 5.73 Å². The fraction of sp³-hybridized carbons (Fsp3) is 0.188. The molecule has 3 rings (SSSR count). The lowest BCUT2D eigenvalue weighted by molar-refractivity contribution is 0.803. The lowest BCUT2D eigenvalue weighted by atomic mass is 10.2. The number of rotatable bonds is 3. The highest BCUT2D eigenvalue weighted by molar-refractivity contribution is 5.83. The first-order valence-electron chi connectivity index (χ1n) is 6.47. The minimum atomic E-state index is 0.481. The average Bonchev–Trinajstić information content (AvgIpc) is 2.77. The van der Waals surface area contributed by atoms with Gasteiger partial charge < -0.3 is 10.3 Å². The summed E-state index contributed by atoms with van der Waals surface area (Å²) in [6, 6.07) is 12.5. The molecule has 0 unspecified atom stereocenters. The van der Waals surface area contributed by atoms with E-state index in [4.69, 9.17) is 5.73 Å². The van der Waals surface area contributed by atoms with E-state index in [2.05, 4.69) is 53.0 Å². The quantitative estimate of drug-likeness (QED) is 0.778. The highest BCUT2D eigenvalue weighted by Gasteiger charge is 2.07. The SMILES string of the molecule is Cc1cn(Cc2cccnc2CN)c2ccccc12. The maximum atomic E-state index is 5.75. The summed E-state index contributed by atoms with van der Waals surface area (Å²) in [4.78, 5) is 4.34. The monoisotopic (exact) mass is 251 g/mol. The van der Waals surface area contributed by atoms with Crippen LogP contribution < -0.4 is 5.73 Å². The molecule has 0 atom stereocenters. The van der Waals surface area contributed by atoms with Gasteiger partial charge in [0.25, 0.3) is 0 Å². The third-order valence-corrected chi connectivity index (χ3v) is 3.51. The first-order chi connectivity index (χ1) is 9.29.